The van der Waals surface area contributed by atoms with Gasteiger partial charge in [-0.2, -0.15) is 0 Å². The van der Waals surface area contributed by atoms with E-state index >= 15 is 0 Å². The Kier molecular flexibility index (Phi) is 6.09. The Morgan fingerprint density at radius 2 is 1.84 bits per heavy atom. The molecule has 0 spiro atoms. The molecular formula is C20H31N3O2. The second-order valence-corrected chi connectivity index (χ2v) is 8.08. The molecule has 2 rings (SSSR count). The number of nitrogens with zero attached hydrogens (tertiary/aromatic N) is 1. The van der Waals surface area contributed by atoms with Crippen LogP contribution in [0.4, 0.5) is 11.4 Å². The Labute approximate surface area is 151 Å². The molecule has 0 bridgehead atoms. The molecule has 0 radical (unpaired) electrons. The van der Waals surface area contributed by atoms with Gasteiger partial charge < -0.3 is 15.5 Å². The van der Waals surface area contributed by atoms with Crippen LogP contribution in [-0.4, -0.2) is 36.3 Å². The number of carbonyl (C=O) groups excluding carboxylic acids is 2. The van der Waals surface area contributed by atoms with Crippen LogP contribution in [0, 0.1) is 18.3 Å². The van der Waals surface area contributed by atoms with Gasteiger partial charge >= 0.3 is 0 Å². The Morgan fingerprint density at radius 1 is 1.20 bits per heavy atom. The van der Waals surface area contributed by atoms with E-state index in [9.17, 15) is 9.59 Å². The predicted octanol–water partition coefficient (Wildman–Crippen LogP) is 3.65. The highest BCUT2D eigenvalue weighted by Crippen LogP contribution is 2.25. The van der Waals surface area contributed by atoms with Crippen molar-refractivity contribution in [3.05, 3.63) is 23.8 Å². The SMILES string of the molecule is CC(=O)Nc1cc(NCC2CCN(C(=O)C(C)(C)C)CC2)ccc1C. The van der Waals surface area contributed by atoms with Gasteiger partial charge in [-0.3, -0.25) is 9.59 Å². The fourth-order valence-corrected chi connectivity index (χ4v) is 3.13. The summed E-state index contributed by atoms with van der Waals surface area (Å²) in [7, 11) is 0. The molecule has 0 atom stereocenters. The van der Waals surface area contributed by atoms with Crippen molar-refractivity contribution in [3.63, 3.8) is 0 Å². The van der Waals surface area contributed by atoms with Crippen molar-refractivity contribution >= 4 is 23.2 Å². The van der Waals surface area contributed by atoms with Crippen LogP contribution in [0.2, 0.25) is 0 Å². The summed E-state index contributed by atoms with van der Waals surface area (Å²) in [6.07, 6.45) is 2.05. The smallest absolute Gasteiger partial charge is 0.227 e. The lowest BCUT2D eigenvalue weighted by atomic mass is 9.91. The van der Waals surface area contributed by atoms with Crippen LogP contribution in [-0.2, 0) is 9.59 Å². The Hall–Kier alpha value is -2.04. The largest absolute Gasteiger partial charge is 0.385 e. The molecule has 25 heavy (non-hydrogen) atoms. The molecule has 138 valence electrons. The van der Waals surface area contributed by atoms with Crippen molar-refractivity contribution < 1.29 is 9.59 Å². The molecule has 1 fully saturated rings. The Balaban J connectivity index is 1.85. The van der Waals surface area contributed by atoms with Crippen LogP contribution in [0.3, 0.4) is 0 Å². The van der Waals surface area contributed by atoms with Crippen molar-refractivity contribution in [3.8, 4) is 0 Å². The fourth-order valence-electron chi connectivity index (χ4n) is 3.13. The van der Waals surface area contributed by atoms with E-state index in [4.69, 9.17) is 0 Å². The average molecular weight is 345 g/mol. The lowest BCUT2D eigenvalue weighted by molar-refractivity contribution is -0.140. The number of amides is 2. The minimum Gasteiger partial charge on any atom is -0.385 e. The van der Waals surface area contributed by atoms with Crippen LogP contribution in [0.25, 0.3) is 0 Å². The summed E-state index contributed by atoms with van der Waals surface area (Å²) >= 11 is 0. The zero-order chi connectivity index (χ0) is 18.6. The molecule has 1 heterocycles. The topological polar surface area (TPSA) is 61.4 Å². The number of benzene rings is 1. The van der Waals surface area contributed by atoms with E-state index in [2.05, 4.69) is 10.6 Å². The van der Waals surface area contributed by atoms with Gasteiger partial charge in [0.1, 0.15) is 0 Å². The van der Waals surface area contributed by atoms with Gasteiger partial charge in [0.25, 0.3) is 0 Å². The third-order valence-electron chi connectivity index (χ3n) is 4.69. The summed E-state index contributed by atoms with van der Waals surface area (Å²) in [4.78, 5) is 25.6. The highest BCUT2D eigenvalue weighted by Gasteiger charge is 2.30. The second-order valence-electron chi connectivity index (χ2n) is 8.08. The number of likely N-dealkylation sites (tertiary alicyclic amines) is 1. The molecule has 0 unspecified atom stereocenters. The molecule has 2 N–H and O–H groups in total. The van der Waals surface area contributed by atoms with Gasteiger partial charge in [-0.1, -0.05) is 26.8 Å². The van der Waals surface area contributed by atoms with Crippen LogP contribution in [0.5, 0.6) is 0 Å². The minimum atomic E-state index is -0.299. The maximum Gasteiger partial charge on any atom is 0.227 e. The molecule has 0 aliphatic carbocycles. The predicted molar refractivity (Wildman–Crippen MR) is 103 cm³/mol. The molecular weight excluding hydrogens is 314 g/mol. The monoisotopic (exact) mass is 345 g/mol. The highest BCUT2D eigenvalue weighted by atomic mass is 16.2. The quantitative estimate of drug-likeness (QED) is 0.875. The maximum absolute atomic E-state index is 12.3. The number of piperidine rings is 1. The van der Waals surface area contributed by atoms with Gasteiger partial charge in [0.2, 0.25) is 11.8 Å². The first kappa shape index (κ1) is 19.3. The van der Waals surface area contributed by atoms with Crippen LogP contribution in [0.15, 0.2) is 18.2 Å². The van der Waals surface area contributed by atoms with Gasteiger partial charge in [-0.15, -0.1) is 0 Å². The van der Waals surface area contributed by atoms with Crippen LogP contribution >= 0.6 is 0 Å². The summed E-state index contributed by atoms with van der Waals surface area (Å²) < 4.78 is 0. The number of hydrogen-bond acceptors (Lipinski definition) is 3. The van der Waals surface area contributed by atoms with Gasteiger partial charge in [0.15, 0.2) is 0 Å². The summed E-state index contributed by atoms with van der Waals surface area (Å²) in [5, 5.41) is 6.34. The molecule has 0 saturated carbocycles. The first-order valence-corrected chi connectivity index (χ1v) is 9.08. The molecule has 1 aromatic rings. The molecule has 5 nitrogen and oxygen atoms in total. The number of anilines is 2. The van der Waals surface area contributed by atoms with Crippen LogP contribution < -0.4 is 10.6 Å². The van der Waals surface area contributed by atoms with Crippen molar-refractivity contribution in [2.75, 3.05) is 30.3 Å². The van der Waals surface area contributed by atoms with E-state index in [1.54, 1.807) is 0 Å². The maximum atomic E-state index is 12.3. The summed E-state index contributed by atoms with van der Waals surface area (Å²) in [5.74, 6) is 0.753. The Bertz CT molecular complexity index is 626. The molecule has 2 amide bonds. The van der Waals surface area contributed by atoms with Gasteiger partial charge in [-0.05, 0) is 43.4 Å². The average Bonchev–Trinajstić information content (AvgIpc) is 2.54. The summed E-state index contributed by atoms with van der Waals surface area (Å²) in [5.41, 5.74) is 2.62. The first-order chi connectivity index (χ1) is 11.7. The van der Waals surface area contributed by atoms with Crippen molar-refractivity contribution in [1.29, 1.82) is 0 Å². The molecule has 0 aromatic heterocycles. The number of carbonyl (C=O) groups is 2. The van der Waals surface area contributed by atoms with E-state index in [0.717, 1.165) is 49.4 Å². The molecule has 1 aliphatic heterocycles. The third kappa shape index (κ3) is 5.48. The number of hydrogen-bond donors (Lipinski definition) is 2. The van der Waals surface area contributed by atoms with Crippen LogP contribution in [0.1, 0.15) is 46.1 Å². The lowest BCUT2D eigenvalue weighted by Crippen LogP contribution is -2.44. The molecule has 1 aromatic carbocycles. The van der Waals surface area contributed by atoms with Crippen molar-refractivity contribution in [1.82, 2.24) is 4.90 Å². The molecule has 1 aliphatic rings. The summed E-state index contributed by atoms with van der Waals surface area (Å²) in [6, 6.07) is 6.03. The highest BCUT2D eigenvalue weighted by molar-refractivity contribution is 5.90. The number of nitrogens with one attached hydrogen (secondary N) is 2. The van der Waals surface area contributed by atoms with Crippen molar-refractivity contribution in [2.24, 2.45) is 11.3 Å². The zero-order valence-corrected chi connectivity index (χ0v) is 16.1. The normalized spacial score (nSPS) is 15.8. The second kappa shape index (κ2) is 7.89. The van der Waals surface area contributed by atoms with E-state index in [1.165, 1.54) is 6.92 Å². The minimum absolute atomic E-state index is 0.0591. The van der Waals surface area contributed by atoms with E-state index in [1.807, 2.05) is 50.8 Å². The van der Waals surface area contributed by atoms with Crippen molar-refractivity contribution in [2.45, 2.75) is 47.5 Å². The number of aryl methyl sites for hydroxylation is 1. The van der Waals surface area contributed by atoms with E-state index in [-0.39, 0.29) is 17.2 Å². The lowest BCUT2D eigenvalue weighted by Gasteiger charge is -2.36. The Morgan fingerprint density at radius 3 is 2.40 bits per heavy atom. The van der Waals surface area contributed by atoms with Gasteiger partial charge in [0, 0.05) is 43.3 Å². The first-order valence-electron chi connectivity index (χ1n) is 9.08. The zero-order valence-electron chi connectivity index (χ0n) is 16.1. The van der Waals surface area contributed by atoms with Gasteiger partial charge in [-0.25, -0.2) is 0 Å². The molecule has 1 saturated heterocycles. The molecule has 5 heteroatoms. The van der Waals surface area contributed by atoms with E-state index in [0.29, 0.717) is 5.92 Å². The van der Waals surface area contributed by atoms with Gasteiger partial charge in [0.05, 0.1) is 0 Å². The fraction of sp³-hybridized carbons (Fsp3) is 0.600. The summed E-state index contributed by atoms with van der Waals surface area (Å²) in [6.45, 7) is 12.0. The number of rotatable bonds is 4. The standard InChI is InChI=1S/C20H31N3O2/c1-14-6-7-17(12-18(14)22-15(2)24)21-13-16-8-10-23(11-9-16)19(25)20(3,4)5/h6-7,12,16,21H,8-11,13H2,1-5H3,(H,22,24). The van der Waals surface area contributed by atoms with E-state index < -0.39 is 0 Å². The third-order valence-corrected chi connectivity index (χ3v) is 4.69.